The molecule has 3 unspecified atom stereocenters. The summed E-state index contributed by atoms with van der Waals surface area (Å²) < 4.78 is 11.6. The van der Waals surface area contributed by atoms with Crippen LogP contribution in [0, 0.1) is 5.92 Å². The molecule has 0 radical (unpaired) electrons. The van der Waals surface area contributed by atoms with Gasteiger partial charge in [0.05, 0.1) is 32.0 Å². The average Bonchev–Trinajstić information content (AvgIpc) is 3.05. The van der Waals surface area contributed by atoms with E-state index < -0.39 is 0 Å². The summed E-state index contributed by atoms with van der Waals surface area (Å²) in [6, 6.07) is 7.98. The van der Waals surface area contributed by atoms with Crippen LogP contribution in [0.5, 0.6) is 0 Å². The van der Waals surface area contributed by atoms with Crippen molar-refractivity contribution >= 4 is 11.6 Å². The number of carbonyl (C=O) groups excluding carboxylic acids is 1. The summed E-state index contributed by atoms with van der Waals surface area (Å²) in [6.45, 7) is 6.18. The first kappa shape index (κ1) is 18.0. The quantitative estimate of drug-likeness (QED) is 0.588. The molecule has 1 saturated carbocycles. The number of morpholine rings is 1. The van der Waals surface area contributed by atoms with E-state index in [1.54, 1.807) is 6.08 Å². The highest BCUT2D eigenvalue weighted by Gasteiger charge is 2.44. The maximum absolute atomic E-state index is 13.0. The van der Waals surface area contributed by atoms with Crippen molar-refractivity contribution in [2.45, 2.75) is 25.0 Å². The smallest absolute Gasteiger partial charge is 0.254 e. The summed E-state index contributed by atoms with van der Waals surface area (Å²) in [5.41, 5.74) is 1.84. The van der Waals surface area contributed by atoms with Crippen molar-refractivity contribution < 1.29 is 14.3 Å². The van der Waals surface area contributed by atoms with E-state index in [9.17, 15) is 4.79 Å². The highest BCUT2D eigenvalue weighted by molar-refractivity contribution is 5.95. The number of ether oxygens (including phenoxy) is 2. The molecule has 1 amide bonds. The number of anilines is 1. The van der Waals surface area contributed by atoms with Crippen molar-refractivity contribution in [3.05, 3.63) is 42.5 Å². The van der Waals surface area contributed by atoms with Gasteiger partial charge in [-0.2, -0.15) is 0 Å². The molecule has 0 N–H and O–H groups in total. The molecule has 3 atom stereocenters. The van der Waals surface area contributed by atoms with Gasteiger partial charge in [-0.3, -0.25) is 4.79 Å². The van der Waals surface area contributed by atoms with Crippen molar-refractivity contribution in [3.63, 3.8) is 0 Å². The second-order valence-corrected chi connectivity index (χ2v) is 7.01. The van der Waals surface area contributed by atoms with Crippen LogP contribution >= 0.6 is 0 Å². The SMILES string of the molecule is C=CCOCC1CCC2C1OCCN2C(=O)c1ccc(N(C)C)cc1. The minimum atomic E-state index is 0.0866. The molecule has 1 heterocycles. The van der Waals surface area contributed by atoms with Gasteiger partial charge in [0.25, 0.3) is 5.91 Å². The van der Waals surface area contributed by atoms with Crippen LogP contribution in [-0.2, 0) is 9.47 Å². The minimum absolute atomic E-state index is 0.0866. The first-order valence-electron chi connectivity index (χ1n) is 9.00. The maximum atomic E-state index is 13.0. The summed E-state index contributed by atoms with van der Waals surface area (Å²) >= 11 is 0. The number of benzene rings is 1. The van der Waals surface area contributed by atoms with E-state index in [-0.39, 0.29) is 18.1 Å². The zero-order valence-electron chi connectivity index (χ0n) is 15.2. The molecule has 2 aliphatic rings. The van der Waals surface area contributed by atoms with Gasteiger partial charge in [0, 0.05) is 37.8 Å². The summed E-state index contributed by atoms with van der Waals surface area (Å²) in [4.78, 5) is 17.0. The second-order valence-electron chi connectivity index (χ2n) is 7.01. The number of amides is 1. The first-order chi connectivity index (χ1) is 12.1. The average molecular weight is 344 g/mol. The fraction of sp³-hybridized carbons (Fsp3) is 0.550. The Morgan fingerprint density at radius 1 is 1.36 bits per heavy atom. The third-order valence-electron chi connectivity index (χ3n) is 5.18. The Morgan fingerprint density at radius 3 is 2.80 bits per heavy atom. The van der Waals surface area contributed by atoms with Crippen LogP contribution in [0.2, 0.25) is 0 Å². The highest BCUT2D eigenvalue weighted by Crippen LogP contribution is 2.35. The lowest BCUT2D eigenvalue weighted by molar-refractivity contribution is -0.0738. The van der Waals surface area contributed by atoms with Crippen molar-refractivity contribution in [1.82, 2.24) is 4.90 Å². The number of rotatable bonds is 6. The number of hydrogen-bond donors (Lipinski definition) is 0. The lowest BCUT2D eigenvalue weighted by Crippen LogP contribution is -2.53. The molecule has 1 aliphatic carbocycles. The Balaban J connectivity index is 1.67. The molecule has 1 saturated heterocycles. The van der Waals surface area contributed by atoms with Gasteiger partial charge in [0.15, 0.2) is 0 Å². The van der Waals surface area contributed by atoms with E-state index in [2.05, 4.69) is 6.58 Å². The molecule has 0 bridgehead atoms. The highest BCUT2D eigenvalue weighted by atomic mass is 16.5. The van der Waals surface area contributed by atoms with E-state index in [1.807, 2.05) is 48.2 Å². The van der Waals surface area contributed by atoms with Crippen molar-refractivity contribution in [2.75, 3.05) is 45.4 Å². The zero-order valence-corrected chi connectivity index (χ0v) is 15.2. The van der Waals surface area contributed by atoms with Gasteiger partial charge < -0.3 is 19.3 Å². The predicted molar refractivity (Wildman–Crippen MR) is 99.1 cm³/mol. The van der Waals surface area contributed by atoms with Crippen LogP contribution in [0.1, 0.15) is 23.2 Å². The molecule has 3 rings (SSSR count). The van der Waals surface area contributed by atoms with Crippen LogP contribution in [0.4, 0.5) is 5.69 Å². The predicted octanol–water partition coefficient (Wildman–Crippen LogP) is 2.57. The van der Waals surface area contributed by atoms with Crippen molar-refractivity contribution in [3.8, 4) is 0 Å². The van der Waals surface area contributed by atoms with Crippen LogP contribution in [0.3, 0.4) is 0 Å². The standard InChI is InChI=1S/C20H28N2O3/c1-4-12-24-14-16-7-10-18-19(16)25-13-11-22(18)20(23)15-5-8-17(9-6-15)21(2)3/h4-6,8-9,16,18-19H,1,7,10-14H2,2-3H3. The van der Waals surface area contributed by atoms with Gasteiger partial charge in [0.2, 0.25) is 0 Å². The Bertz CT molecular complexity index is 599. The third-order valence-corrected chi connectivity index (χ3v) is 5.18. The molecular weight excluding hydrogens is 316 g/mol. The number of hydrogen-bond acceptors (Lipinski definition) is 4. The first-order valence-corrected chi connectivity index (χ1v) is 9.00. The molecule has 1 aromatic rings. The summed E-state index contributed by atoms with van der Waals surface area (Å²) in [5, 5.41) is 0. The van der Waals surface area contributed by atoms with Crippen molar-refractivity contribution in [2.24, 2.45) is 5.92 Å². The number of carbonyl (C=O) groups is 1. The molecule has 5 nitrogen and oxygen atoms in total. The fourth-order valence-electron chi connectivity index (χ4n) is 3.86. The second kappa shape index (κ2) is 8.02. The van der Waals surface area contributed by atoms with Gasteiger partial charge in [-0.15, -0.1) is 6.58 Å². The van der Waals surface area contributed by atoms with Crippen LogP contribution in [-0.4, -0.2) is 63.4 Å². The number of nitrogens with zero attached hydrogens (tertiary/aromatic N) is 2. The molecule has 25 heavy (non-hydrogen) atoms. The van der Waals surface area contributed by atoms with Gasteiger partial charge >= 0.3 is 0 Å². The van der Waals surface area contributed by atoms with Gasteiger partial charge in [-0.1, -0.05) is 6.08 Å². The van der Waals surface area contributed by atoms with Crippen LogP contribution in [0.25, 0.3) is 0 Å². The van der Waals surface area contributed by atoms with E-state index in [0.717, 1.165) is 24.1 Å². The molecule has 0 spiro atoms. The summed E-state index contributed by atoms with van der Waals surface area (Å²) in [6.07, 6.45) is 3.87. The Morgan fingerprint density at radius 2 is 2.12 bits per heavy atom. The van der Waals surface area contributed by atoms with Crippen LogP contribution < -0.4 is 4.90 Å². The molecule has 2 fully saturated rings. The largest absolute Gasteiger partial charge is 0.378 e. The molecule has 136 valence electrons. The zero-order chi connectivity index (χ0) is 17.8. The fourth-order valence-corrected chi connectivity index (χ4v) is 3.86. The molecule has 1 aromatic carbocycles. The molecular formula is C20H28N2O3. The molecule has 1 aliphatic heterocycles. The Hall–Kier alpha value is -1.85. The van der Waals surface area contributed by atoms with Crippen molar-refractivity contribution in [1.29, 1.82) is 0 Å². The molecule has 5 heteroatoms. The Labute approximate surface area is 150 Å². The third kappa shape index (κ3) is 3.88. The maximum Gasteiger partial charge on any atom is 0.254 e. The van der Waals surface area contributed by atoms with E-state index in [4.69, 9.17) is 9.47 Å². The number of fused-ring (bicyclic) bond motifs is 1. The summed E-state index contributed by atoms with van der Waals surface area (Å²) in [7, 11) is 3.99. The minimum Gasteiger partial charge on any atom is -0.378 e. The summed E-state index contributed by atoms with van der Waals surface area (Å²) in [5.74, 6) is 0.466. The lowest BCUT2D eigenvalue weighted by atomic mass is 10.0. The normalized spacial score (nSPS) is 25.5. The van der Waals surface area contributed by atoms with Gasteiger partial charge in [0.1, 0.15) is 0 Å². The lowest BCUT2D eigenvalue weighted by Gasteiger charge is -2.39. The van der Waals surface area contributed by atoms with Gasteiger partial charge in [-0.25, -0.2) is 0 Å². The topological polar surface area (TPSA) is 42.0 Å². The van der Waals surface area contributed by atoms with Crippen LogP contribution in [0.15, 0.2) is 36.9 Å². The Kier molecular flexibility index (Phi) is 5.76. The van der Waals surface area contributed by atoms with Gasteiger partial charge in [-0.05, 0) is 37.1 Å². The van der Waals surface area contributed by atoms with E-state index in [1.165, 1.54) is 0 Å². The molecule has 0 aromatic heterocycles. The monoisotopic (exact) mass is 344 g/mol. The van der Waals surface area contributed by atoms with E-state index in [0.29, 0.717) is 32.3 Å². The van der Waals surface area contributed by atoms with E-state index >= 15 is 0 Å².